The van der Waals surface area contributed by atoms with Crippen molar-refractivity contribution in [3.05, 3.63) is 45.6 Å². The fourth-order valence-corrected chi connectivity index (χ4v) is 2.84. The second-order valence-corrected chi connectivity index (χ2v) is 5.13. The molecule has 0 spiro atoms. The van der Waals surface area contributed by atoms with Gasteiger partial charge in [0, 0.05) is 13.2 Å². The van der Waals surface area contributed by atoms with E-state index in [0.717, 1.165) is 16.8 Å². The lowest BCUT2D eigenvalue weighted by Crippen LogP contribution is -2.20. The molecule has 3 aromatic rings. The van der Waals surface area contributed by atoms with Crippen LogP contribution in [0.2, 0.25) is 0 Å². The van der Waals surface area contributed by atoms with Crippen LogP contribution in [0.5, 0.6) is 0 Å². The van der Waals surface area contributed by atoms with Crippen molar-refractivity contribution in [3.63, 3.8) is 0 Å². The Bertz CT molecular complexity index is 768. The smallest absolute Gasteiger partial charge is 0.271 e. The fourth-order valence-electron chi connectivity index (χ4n) is 1.90. The molecule has 0 aliphatic carbocycles. The van der Waals surface area contributed by atoms with E-state index in [-0.39, 0.29) is 5.56 Å². The van der Waals surface area contributed by atoms with E-state index < -0.39 is 0 Å². The molecule has 3 heterocycles. The highest BCUT2D eigenvalue weighted by atomic mass is 32.1. The molecule has 18 heavy (non-hydrogen) atoms. The normalized spacial score (nSPS) is 11.2. The molecule has 6 heteroatoms. The Kier molecular flexibility index (Phi) is 2.52. The molecule has 3 rings (SSSR count). The van der Waals surface area contributed by atoms with E-state index in [4.69, 9.17) is 0 Å². The monoisotopic (exact) mass is 260 g/mol. The van der Waals surface area contributed by atoms with Gasteiger partial charge in [0.25, 0.3) is 5.56 Å². The molecule has 0 amide bonds. The van der Waals surface area contributed by atoms with Gasteiger partial charge in [0.15, 0.2) is 0 Å². The van der Waals surface area contributed by atoms with E-state index in [2.05, 4.69) is 10.1 Å². The molecule has 0 radical (unpaired) electrons. The molecule has 0 aliphatic rings. The summed E-state index contributed by atoms with van der Waals surface area (Å²) in [6.07, 6.45) is 3.46. The highest BCUT2D eigenvalue weighted by Gasteiger charge is 2.09. The number of fused-ring (bicyclic) bond motifs is 1. The van der Waals surface area contributed by atoms with Crippen LogP contribution in [0, 0.1) is 6.92 Å². The Morgan fingerprint density at radius 2 is 2.28 bits per heavy atom. The van der Waals surface area contributed by atoms with Gasteiger partial charge in [0.2, 0.25) is 0 Å². The van der Waals surface area contributed by atoms with Crippen molar-refractivity contribution in [2.24, 2.45) is 7.05 Å². The van der Waals surface area contributed by atoms with E-state index in [1.165, 1.54) is 11.3 Å². The van der Waals surface area contributed by atoms with Crippen LogP contribution in [-0.4, -0.2) is 19.3 Å². The Hall–Kier alpha value is -1.95. The van der Waals surface area contributed by atoms with E-state index in [1.54, 1.807) is 15.6 Å². The van der Waals surface area contributed by atoms with Gasteiger partial charge in [-0.15, -0.1) is 11.3 Å². The van der Waals surface area contributed by atoms with E-state index >= 15 is 0 Å². The fraction of sp³-hybridized carbons (Fsp3) is 0.250. The molecule has 5 nitrogen and oxygen atoms in total. The van der Waals surface area contributed by atoms with Crippen molar-refractivity contribution in [1.29, 1.82) is 0 Å². The molecule has 0 N–H and O–H groups in total. The average molecular weight is 260 g/mol. The molecule has 0 saturated heterocycles. The maximum Gasteiger partial charge on any atom is 0.271 e. The number of aromatic nitrogens is 4. The third kappa shape index (κ3) is 1.74. The molecule has 3 aromatic heterocycles. The second kappa shape index (κ2) is 4.06. The van der Waals surface area contributed by atoms with Gasteiger partial charge < -0.3 is 0 Å². The molecule has 92 valence electrons. The molecule has 0 aliphatic heterocycles. The topological polar surface area (TPSA) is 52.7 Å². The van der Waals surface area contributed by atoms with Crippen molar-refractivity contribution in [1.82, 2.24) is 19.3 Å². The molecular weight excluding hydrogens is 248 g/mol. The maximum atomic E-state index is 12.3. The van der Waals surface area contributed by atoms with E-state index in [0.29, 0.717) is 11.2 Å². The van der Waals surface area contributed by atoms with Gasteiger partial charge in [0.1, 0.15) is 4.70 Å². The first-order chi connectivity index (χ1) is 8.65. The van der Waals surface area contributed by atoms with Crippen LogP contribution in [0.25, 0.3) is 10.2 Å². The lowest BCUT2D eigenvalue weighted by atomic mass is 10.3. The van der Waals surface area contributed by atoms with Crippen molar-refractivity contribution in [2.45, 2.75) is 13.5 Å². The lowest BCUT2D eigenvalue weighted by molar-refractivity contribution is 0.688. The summed E-state index contributed by atoms with van der Waals surface area (Å²) < 4.78 is 4.04. The maximum absolute atomic E-state index is 12.3. The highest BCUT2D eigenvalue weighted by Crippen LogP contribution is 2.19. The molecule has 0 atom stereocenters. The van der Waals surface area contributed by atoms with Crippen molar-refractivity contribution in [3.8, 4) is 0 Å². The van der Waals surface area contributed by atoms with Crippen LogP contribution in [0.4, 0.5) is 0 Å². The van der Waals surface area contributed by atoms with Crippen LogP contribution in [0.3, 0.4) is 0 Å². The Morgan fingerprint density at radius 1 is 1.44 bits per heavy atom. The van der Waals surface area contributed by atoms with Gasteiger partial charge >= 0.3 is 0 Å². The number of hydrogen-bond donors (Lipinski definition) is 0. The molecule has 0 bridgehead atoms. The van der Waals surface area contributed by atoms with Crippen LogP contribution < -0.4 is 5.56 Å². The molecular formula is C12H12N4OS. The van der Waals surface area contributed by atoms with Crippen molar-refractivity contribution >= 4 is 21.6 Å². The quantitative estimate of drug-likeness (QED) is 0.702. The summed E-state index contributed by atoms with van der Waals surface area (Å²) in [6.45, 7) is 2.42. The lowest BCUT2D eigenvalue weighted by Gasteiger charge is -2.02. The first-order valence-corrected chi connectivity index (χ1v) is 6.45. The zero-order chi connectivity index (χ0) is 12.7. The van der Waals surface area contributed by atoms with Crippen LogP contribution in [-0.2, 0) is 13.6 Å². The van der Waals surface area contributed by atoms with Gasteiger partial charge in [-0.05, 0) is 23.9 Å². The van der Waals surface area contributed by atoms with E-state index in [1.807, 2.05) is 31.6 Å². The molecule has 0 aromatic carbocycles. The minimum Gasteiger partial charge on any atom is -0.292 e. The Morgan fingerprint density at radius 3 is 3.00 bits per heavy atom. The number of rotatable bonds is 2. The first-order valence-electron chi connectivity index (χ1n) is 5.57. The largest absolute Gasteiger partial charge is 0.292 e. The van der Waals surface area contributed by atoms with Gasteiger partial charge in [-0.25, -0.2) is 4.98 Å². The number of aryl methyl sites for hydroxylation is 2. The minimum atomic E-state index is 0.00348. The predicted octanol–water partition coefficient (Wildman–Crippen LogP) is 1.55. The first kappa shape index (κ1) is 11.2. The Labute approximate surface area is 107 Å². The number of hydrogen-bond acceptors (Lipinski definition) is 4. The Balaban J connectivity index is 2.07. The minimum absolute atomic E-state index is 0.00348. The van der Waals surface area contributed by atoms with Crippen LogP contribution in [0.1, 0.15) is 11.3 Å². The molecule has 0 fully saturated rings. The van der Waals surface area contributed by atoms with Crippen molar-refractivity contribution in [2.75, 3.05) is 0 Å². The second-order valence-electron chi connectivity index (χ2n) is 4.25. The van der Waals surface area contributed by atoms with Crippen LogP contribution >= 0.6 is 11.3 Å². The summed E-state index contributed by atoms with van der Waals surface area (Å²) in [5.74, 6) is 0. The van der Waals surface area contributed by atoms with E-state index in [9.17, 15) is 4.79 Å². The molecule has 0 saturated carbocycles. The summed E-state index contributed by atoms with van der Waals surface area (Å²) in [5, 5.41) is 6.23. The van der Waals surface area contributed by atoms with Crippen molar-refractivity contribution < 1.29 is 0 Å². The third-order valence-electron chi connectivity index (χ3n) is 2.82. The average Bonchev–Trinajstić information content (AvgIpc) is 2.91. The number of thiophene rings is 1. The van der Waals surface area contributed by atoms with Gasteiger partial charge in [-0.1, -0.05) is 0 Å². The summed E-state index contributed by atoms with van der Waals surface area (Å²) in [4.78, 5) is 16.6. The summed E-state index contributed by atoms with van der Waals surface area (Å²) in [7, 11) is 1.86. The summed E-state index contributed by atoms with van der Waals surface area (Å²) in [6, 6.07) is 1.90. The highest BCUT2D eigenvalue weighted by molar-refractivity contribution is 7.17. The zero-order valence-corrected chi connectivity index (χ0v) is 10.9. The van der Waals surface area contributed by atoms with Crippen LogP contribution in [0.15, 0.2) is 28.8 Å². The predicted molar refractivity (Wildman–Crippen MR) is 70.9 cm³/mol. The van der Waals surface area contributed by atoms with Gasteiger partial charge in [-0.2, -0.15) is 5.10 Å². The van der Waals surface area contributed by atoms with Gasteiger partial charge in [0.05, 0.1) is 24.1 Å². The summed E-state index contributed by atoms with van der Waals surface area (Å²) >= 11 is 1.45. The number of nitrogens with zero attached hydrogens (tertiary/aromatic N) is 4. The third-order valence-corrected chi connectivity index (χ3v) is 3.90. The zero-order valence-electron chi connectivity index (χ0n) is 10.1. The SMILES string of the molecule is Cc1csc2c(=O)n(Cc3ccn(C)n3)cnc12. The molecule has 0 unspecified atom stereocenters. The standard InChI is InChI=1S/C12H12N4OS/c1-8-6-18-11-10(8)13-7-16(12(11)17)5-9-3-4-15(2)14-9/h3-4,6-7H,5H2,1-2H3. The van der Waals surface area contributed by atoms with Gasteiger partial charge in [-0.3, -0.25) is 14.0 Å². The summed E-state index contributed by atoms with van der Waals surface area (Å²) in [5.41, 5.74) is 2.72.